The molecule has 1 atom stereocenters. The largest absolute Gasteiger partial charge is 0.480 e. The maximum absolute atomic E-state index is 12.0. The van der Waals surface area contributed by atoms with Gasteiger partial charge >= 0.3 is 11.9 Å². The van der Waals surface area contributed by atoms with Crippen molar-refractivity contribution in [3.63, 3.8) is 0 Å². The Kier molecular flexibility index (Phi) is 6.16. The summed E-state index contributed by atoms with van der Waals surface area (Å²) in [7, 11) is 1.21. The van der Waals surface area contributed by atoms with Gasteiger partial charge in [0.05, 0.1) is 12.7 Å². The third-order valence-corrected chi connectivity index (χ3v) is 3.22. The van der Waals surface area contributed by atoms with Crippen LogP contribution in [-0.2, 0) is 14.3 Å². The minimum Gasteiger partial charge on any atom is -0.480 e. The summed E-state index contributed by atoms with van der Waals surface area (Å²) in [5.41, 5.74) is 6.10. The first-order valence-corrected chi connectivity index (χ1v) is 6.80. The number of carbonyl (C=O) groups excluding carboxylic acids is 2. The zero-order chi connectivity index (χ0) is 16.0. The maximum Gasteiger partial charge on any atom is 0.326 e. The number of nitrogen functional groups attached to an aromatic ring is 1. The number of aliphatic carboxylic acids is 1. The number of esters is 1. The van der Waals surface area contributed by atoms with Crippen LogP contribution in [0.25, 0.3) is 0 Å². The molecule has 0 saturated carbocycles. The molecule has 1 aromatic carbocycles. The van der Waals surface area contributed by atoms with Gasteiger partial charge in [-0.2, -0.15) is 0 Å². The summed E-state index contributed by atoms with van der Waals surface area (Å²) in [5, 5.41) is 11.4. The molecule has 0 saturated heterocycles. The highest BCUT2D eigenvalue weighted by atomic mass is 79.9. The maximum atomic E-state index is 12.0. The predicted molar refractivity (Wildman–Crippen MR) is 78.7 cm³/mol. The summed E-state index contributed by atoms with van der Waals surface area (Å²) in [6.07, 6.45) is -0.173. The lowest BCUT2D eigenvalue weighted by atomic mass is 10.1. The van der Waals surface area contributed by atoms with Crippen LogP contribution in [0.5, 0.6) is 0 Å². The van der Waals surface area contributed by atoms with Crippen molar-refractivity contribution in [3.8, 4) is 0 Å². The highest BCUT2D eigenvalue weighted by molar-refractivity contribution is 9.10. The number of nitrogens with one attached hydrogen (secondary N) is 1. The van der Waals surface area contributed by atoms with Gasteiger partial charge in [-0.3, -0.25) is 9.59 Å². The lowest BCUT2D eigenvalue weighted by molar-refractivity contribution is -0.142. The van der Waals surface area contributed by atoms with Crippen molar-refractivity contribution >= 4 is 39.5 Å². The summed E-state index contributed by atoms with van der Waals surface area (Å²) in [5.74, 6) is -2.39. The first-order valence-electron chi connectivity index (χ1n) is 6.00. The quantitative estimate of drug-likeness (QED) is 0.518. The van der Waals surface area contributed by atoms with Gasteiger partial charge in [0.25, 0.3) is 5.91 Å². The van der Waals surface area contributed by atoms with Crippen molar-refractivity contribution in [1.29, 1.82) is 0 Å². The van der Waals surface area contributed by atoms with E-state index in [4.69, 9.17) is 10.8 Å². The predicted octanol–water partition coefficient (Wildman–Crippen LogP) is 1.17. The summed E-state index contributed by atoms with van der Waals surface area (Å²) < 4.78 is 5.14. The number of nitrogens with two attached hydrogens (primary N) is 1. The topological polar surface area (TPSA) is 119 Å². The molecule has 1 rings (SSSR count). The van der Waals surface area contributed by atoms with Gasteiger partial charge in [-0.1, -0.05) is 15.9 Å². The second kappa shape index (κ2) is 7.63. The van der Waals surface area contributed by atoms with Crippen LogP contribution in [-0.4, -0.2) is 36.1 Å². The van der Waals surface area contributed by atoms with Crippen LogP contribution < -0.4 is 11.1 Å². The number of ether oxygens (including phenoxy) is 1. The first-order chi connectivity index (χ1) is 9.85. The van der Waals surface area contributed by atoms with Crippen LogP contribution >= 0.6 is 15.9 Å². The fraction of sp³-hybridized carbons (Fsp3) is 0.308. The first kappa shape index (κ1) is 17.0. The zero-order valence-corrected chi connectivity index (χ0v) is 12.8. The summed E-state index contributed by atoms with van der Waals surface area (Å²) in [4.78, 5) is 34.2. The van der Waals surface area contributed by atoms with Gasteiger partial charge in [0.15, 0.2) is 0 Å². The average molecular weight is 359 g/mol. The van der Waals surface area contributed by atoms with Crippen LogP contribution in [0.4, 0.5) is 5.69 Å². The van der Waals surface area contributed by atoms with Gasteiger partial charge in [-0.05, 0) is 24.6 Å². The second-order valence-corrected chi connectivity index (χ2v) is 5.13. The Labute approximate surface area is 129 Å². The highest BCUT2D eigenvalue weighted by Gasteiger charge is 2.22. The molecule has 0 radical (unpaired) electrons. The molecule has 21 heavy (non-hydrogen) atoms. The van der Waals surface area contributed by atoms with Gasteiger partial charge in [-0.15, -0.1) is 0 Å². The molecule has 8 heteroatoms. The zero-order valence-electron chi connectivity index (χ0n) is 11.3. The van der Waals surface area contributed by atoms with Crippen molar-refractivity contribution in [2.45, 2.75) is 18.9 Å². The van der Waals surface area contributed by atoms with E-state index >= 15 is 0 Å². The number of rotatable bonds is 6. The Balaban J connectivity index is 2.76. The Morgan fingerprint density at radius 1 is 1.43 bits per heavy atom. The van der Waals surface area contributed by atoms with Crippen LogP contribution in [0, 0.1) is 0 Å². The van der Waals surface area contributed by atoms with E-state index in [0.717, 1.165) is 0 Å². The van der Waals surface area contributed by atoms with Gasteiger partial charge < -0.3 is 20.9 Å². The molecule has 0 fully saturated rings. The van der Waals surface area contributed by atoms with Crippen molar-refractivity contribution in [3.05, 3.63) is 28.2 Å². The molecule has 0 spiro atoms. The smallest absolute Gasteiger partial charge is 0.326 e. The van der Waals surface area contributed by atoms with E-state index in [9.17, 15) is 14.4 Å². The van der Waals surface area contributed by atoms with E-state index < -0.39 is 23.9 Å². The van der Waals surface area contributed by atoms with E-state index in [1.54, 1.807) is 12.1 Å². The van der Waals surface area contributed by atoms with E-state index in [1.165, 1.54) is 13.2 Å². The summed E-state index contributed by atoms with van der Waals surface area (Å²) >= 11 is 3.21. The molecule has 4 N–H and O–H groups in total. The van der Waals surface area contributed by atoms with E-state index in [-0.39, 0.29) is 24.1 Å². The lowest BCUT2D eigenvalue weighted by Gasteiger charge is -2.15. The molecule has 0 heterocycles. The number of anilines is 1. The van der Waals surface area contributed by atoms with Gasteiger partial charge in [0, 0.05) is 16.6 Å². The molecule has 0 aliphatic heterocycles. The second-order valence-electron chi connectivity index (χ2n) is 4.21. The van der Waals surface area contributed by atoms with Gasteiger partial charge in [-0.25, -0.2) is 4.79 Å². The number of carbonyl (C=O) groups is 3. The minimum atomic E-state index is -1.23. The molecular formula is C13H15BrN2O5. The van der Waals surface area contributed by atoms with Crippen LogP contribution in [0.15, 0.2) is 22.7 Å². The molecule has 7 nitrogen and oxygen atoms in total. The molecule has 0 aliphatic rings. The molecule has 1 aromatic rings. The third-order valence-electron chi connectivity index (χ3n) is 2.73. The molecule has 114 valence electrons. The number of carboxylic acid groups (broad SMARTS) is 1. The normalized spacial score (nSPS) is 11.5. The number of carboxylic acids is 1. The van der Waals surface area contributed by atoms with Gasteiger partial charge in [0.2, 0.25) is 0 Å². The molecule has 0 aliphatic carbocycles. The van der Waals surface area contributed by atoms with Crippen molar-refractivity contribution in [1.82, 2.24) is 5.32 Å². The fourth-order valence-corrected chi connectivity index (χ4v) is 1.98. The molecule has 0 unspecified atom stereocenters. The van der Waals surface area contributed by atoms with E-state index in [2.05, 4.69) is 26.0 Å². The SMILES string of the molecule is COC(=O)CC[C@@H](NC(=O)c1ccc(Br)cc1N)C(=O)O. The Morgan fingerprint density at radius 2 is 2.10 bits per heavy atom. The molecule has 0 aromatic heterocycles. The van der Waals surface area contributed by atoms with Crippen LogP contribution in [0.3, 0.4) is 0 Å². The molecular weight excluding hydrogens is 344 g/mol. The van der Waals surface area contributed by atoms with Crippen LogP contribution in [0.1, 0.15) is 23.2 Å². The average Bonchev–Trinajstić information content (AvgIpc) is 2.42. The van der Waals surface area contributed by atoms with Crippen molar-refractivity contribution < 1.29 is 24.2 Å². The summed E-state index contributed by atoms with van der Waals surface area (Å²) in [6.45, 7) is 0. The Hall–Kier alpha value is -2.09. The van der Waals surface area contributed by atoms with E-state index in [0.29, 0.717) is 4.47 Å². The van der Waals surface area contributed by atoms with Gasteiger partial charge in [0.1, 0.15) is 6.04 Å². The number of halogens is 1. The number of hydrogen-bond acceptors (Lipinski definition) is 5. The highest BCUT2D eigenvalue weighted by Crippen LogP contribution is 2.18. The van der Waals surface area contributed by atoms with Crippen molar-refractivity contribution in [2.24, 2.45) is 0 Å². The fourth-order valence-electron chi connectivity index (χ4n) is 1.60. The summed E-state index contributed by atoms with van der Waals surface area (Å²) in [6, 6.07) is 3.45. The van der Waals surface area contributed by atoms with Crippen molar-refractivity contribution in [2.75, 3.05) is 12.8 Å². The molecule has 0 bridgehead atoms. The Morgan fingerprint density at radius 3 is 2.62 bits per heavy atom. The van der Waals surface area contributed by atoms with E-state index in [1.807, 2.05) is 0 Å². The Bertz CT molecular complexity index is 561. The third kappa shape index (κ3) is 5.07. The monoisotopic (exact) mass is 358 g/mol. The standard InChI is InChI=1S/C13H15BrN2O5/c1-21-11(17)5-4-10(13(19)20)16-12(18)8-3-2-7(14)6-9(8)15/h2-3,6,10H,4-5,15H2,1H3,(H,16,18)(H,19,20)/t10-/m1/s1. The number of methoxy groups -OCH3 is 1. The lowest BCUT2D eigenvalue weighted by Crippen LogP contribution is -2.41. The number of benzene rings is 1. The number of amides is 1. The number of hydrogen-bond donors (Lipinski definition) is 3. The minimum absolute atomic E-state index is 0.0653. The molecule has 1 amide bonds. The van der Waals surface area contributed by atoms with Crippen LogP contribution in [0.2, 0.25) is 0 Å².